The fraction of sp³-hybridized carbons (Fsp3) is 0.182. The van der Waals surface area contributed by atoms with Crippen molar-refractivity contribution >= 4 is 45.6 Å². The number of nitrogens with zero attached hydrogens (tertiary/aromatic N) is 3. The highest BCUT2D eigenvalue weighted by Crippen LogP contribution is 2.24. The molecule has 6 nitrogen and oxygen atoms in total. The Morgan fingerprint density at radius 3 is 2.80 bits per heavy atom. The van der Waals surface area contributed by atoms with Gasteiger partial charge in [0.25, 0.3) is 5.56 Å². The molecule has 1 aliphatic carbocycles. The molecule has 1 aliphatic rings. The minimum Gasteiger partial charge on any atom is -0.383 e. The molecule has 0 spiro atoms. The van der Waals surface area contributed by atoms with Crippen LogP contribution in [0.5, 0.6) is 0 Å². The van der Waals surface area contributed by atoms with Gasteiger partial charge in [-0.15, -0.1) is 0 Å². The fourth-order valence-corrected chi connectivity index (χ4v) is 4.41. The molecule has 0 saturated heterocycles. The van der Waals surface area contributed by atoms with Crippen LogP contribution in [0.4, 0.5) is 5.82 Å². The van der Waals surface area contributed by atoms with Crippen molar-refractivity contribution in [2.24, 2.45) is 0 Å². The van der Waals surface area contributed by atoms with Crippen molar-refractivity contribution in [1.29, 1.82) is 0 Å². The highest BCUT2D eigenvalue weighted by atomic mass is 35.5. The molecule has 8 heteroatoms. The van der Waals surface area contributed by atoms with Gasteiger partial charge in [0.1, 0.15) is 10.8 Å². The lowest BCUT2D eigenvalue weighted by Gasteiger charge is -2.11. The Balaban J connectivity index is 1.74. The van der Waals surface area contributed by atoms with Crippen LogP contribution in [0.3, 0.4) is 0 Å². The van der Waals surface area contributed by atoms with E-state index < -0.39 is 5.56 Å². The number of nitrogens with two attached hydrogens (primary N) is 1. The van der Waals surface area contributed by atoms with Crippen LogP contribution >= 0.6 is 22.9 Å². The van der Waals surface area contributed by atoms with Crippen molar-refractivity contribution < 1.29 is 4.79 Å². The third-order valence-corrected chi connectivity index (χ3v) is 6.06. The maximum Gasteiger partial charge on any atom is 0.283 e. The number of halogens is 1. The molecule has 0 fully saturated rings. The van der Waals surface area contributed by atoms with E-state index in [1.54, 1.807) is 12.2 Å². The molecule has 1 aromatic carbocycles. The van der Waals surface area contributed by atoms with Gasteiger partial charge < -0.3 is 5.73 Å². The summed E-state index contributed by atoms with van der Waals surface area (Å²) in [5, 5.41) is 5.97. The number of aryl methyl sites for hydroxylation is 1. The van der Waals surface area contributed by atoms with Crippen molar-refractivity contribution in [3.8, 4) is 0 Å². The largest absolute Gasteiger partial charge is 0.383 e. The molecule has 0 saturated carbocycles. The Kier molecular flexibility index (Phi) is 5.65. The van der Waals surface area contributed by atoms with Gasteiger partial charge in [-0.1, -0.05) is 54.1 Å². The van der Waals surface area contributed by atoms with Crippen LogP contribution in [0, 0.1) is 0 Å². The summed E-state index contributed by atoms with van der Waals surface area (Å²) in [7, 11) is 0. The molecule has 0 bridgehead atoms. The molecule has 0 atom stereocenters. The van der Waals surface area contributed by atoms with Gasteiger partial charge in [-0.2, -0.15) is 14.6 Å². The predicted molar refractivity (Wildman–Crippen MR) is 121 cm³/mol. The van der Waals surface area contributed by atoms with E-state index in [1.807, 2.05) is 24.3 Å². The first-order valence-corrected chi connectivity index (χ1v) is 10.7. The van der Waals surface area contributed by atoms with Crippen molar-refractivity contribution in [1.82, 2.24) is 14.6 Å². The number of hydrogen-bond donors (Lipinski definition) is 1. The maximum absolute atomic E-state index is 12.6. The molecule has 2 aromatic heterocycles. The lowest BCUT2D eigenvalue weighted by atomic mass is 9.95. The number of carbonyl (C=O) groups excluding carboxylic acids is 1. The van der Waals surface area contributed by atoms with E-state index in [9.17, 15) is 9.59 Å². The van der Waals surface area contributed by atoms with E-state index in [-0.39, 0.29) is 17.2 Å². The highest BCUT2D eigenvalue weighted by molar-refractivity contribution is 7.16. The van der Waals surface area contributed by atoms with E-state index in [4.69, 9.17) is 17.3 Å². The standard InChI is InChI=1S/C22H19ClN4O2S/c1-2-5-19-26-27-20(24)16(21(29)25-22(27)30-19)12-15-11-13(8-9-18(15)28)10-14-6-3-4-7-17(14)23/h3-4,6-9,11-12H,2,5,10,24H2,1H3/b15-12+. The fourth-order valence-electron chi connectivity index (χ4n) is 3.21. The zero-order valence-corrected chi connectivity index (χ0v) is 17.8. The van der Waals surface area contributed by atoms with Crippen molar-refractivity contribution in [2.75, 3.05) is 5.73 Å². The molecular formula is C22H19ClN4O2S. The second-order valence-electron chi connectivity index (χ2n) is 6.94. The zero-order chi connectivity index (χ0) is 21.3. The van der Waals surface area contributed by atoms with Crippen LogP contribution in [0.25, 0.3) is 11.0 Å². The minimum atomic E-state index is -0.477. The van der Waals surface area contributed by atoms with E-state index in [2.05, 4.69) is 17.0 Å². The molecule has 152 valence electrons. The SMILES string of the molecule is CCCc1nn2c(N)c(/C=C3\C=C(Cc4ccccc4Cl)C=CC3=O)c(=O)nc2s1. The summed E-state index contributed by atoms with van der Waals surface area (Å²) in [6, 6.07) is 7.55. The number of anilines is 1. The van der Waals surface area contributed by atoms with E-state index in [1.165, 1.54) is 28.0 Å². The summed E-state index contributed by atoms with van der Waals surface area (Å²) in [5.74, 6) is -0.0220. The zero-order valence-electron chi connectivity index (χ0n) is 16.3. The second kappa shape index (κ2) is 8.38. The lowest BCUT2D eigenvalue weighted by Crippen LogP contribution is -2.17. The number of ketones is 1. The molecule has 2 heterocycles. The third-order valence-electron chi connectivity index (χ3n) is 4.72. The second-order valence-corrected chi connectivity index (χ2v) is 8.39. The summed E-state index contributed by atoms with van der Waals surface area (Å²) in [5.41, 5.74) is 8.14. The Morgan fingerprint density at radius 1 is 1.23 bits per heavy atom. The van der Waals surface area contributed by atoms with Crippen molar-refractivity contribution in [3.05, 3.63) is 85.2 Å². The molecule has 4 rings (SSSR count). The number of benzene rings is 1. The number of hydrogen-bond acceptors (Lipinski definition) is 6. The van der Waals surface area contributed by atoms with Gasteiger partial charge in [-0.3, -0.25) is 9.59 Å². The smallest absolute Gasteiger partial charge is 0.283 e. The Bertz CT molecular complexity index is 1300. The quantitative estimate of drug-likeness (QED) is 0.607. The van der Waals surface area contributed by atoms with Crippen LogP contribution in [0.15, 0.2) is 58.4 Å². The topological polar surface area (TPSA) is 90.4 Å². The lowest BCUT2D eigenvalue weighted by molar-refractivity contribution is -0.111. The summed E-state index contributed by atoms with van der Waals surface area (Å²) in [6.07, 6.45) is 8.78. The van der Waals surface area contributed by atoms with Crippen LogP contribution in [0.2, 0.25) is 5.02 Å². The van der Waals surface area contributed by atoms with Gasteiger partial charge in [0.05, 0.1) is 5.56 Å². The van der Waals surface area contributed by atoms with E-state index in [0.717, 1.165) is 29.0 Å². The Hall–Kier alpha value is -3.03. The number of nitrogen functional groups attached to an aromatic ring is 1. The molecule has 0 aliphatic heterocycles. The minimum absolute atomic E-state index is 0.160. The molecule has 3 aromatic rings. The molecule has 30 heavy (non-hydrogen) atoms. The summed E-state index contributed by atoms with van der Waals surface area (Å²) >= 11 is 7.60. The Labute approximate surface area is 182 Å². The Morgan fingerprint density at radius 2 is 2.03 bits per heavy atom. The van der Waals surface area contributed by atoms with Gasteiger partial charge in [0.15, 0.2) is 5.78 Å². The molecule has 0 unspecified atom stereocenters. The van der Waals surface area contributed by atoms with Crippen molar-refractivity contribution in [2.45, 2.75) is 26.2 Å². The summed E-state index contributed by atoms with van der Waals surface area (Å²) in [4.78, 5) is 29.6. The third kappa shape index (κ3) is 3.99. The average Bonchev–Trinajstić information content (AvgIpc) is 3.12. The maximum atomic E-state index is 12.6. The monoisotopic (exact) mass is 438 g/mol. The average molecular weight is 439 g/mol. The van der Waals surface area contributed by atoms with E-state index >= 15 is 0 Å². The highest BCUT2D eigenvalue weighted by Gasteiger charge is 2.17. The molecule has 0 radical (unpaired) electrons. The van der Waals surface area contributed by atoms with Gasteiger partial charge in [0, 0.05) is 17.0 Å². The van der Waals surface area contributed by atoms with Crippen molar-refractivity contribution in [3.63, 3.8) is 0 Å². The first kappa shape index (κ1) is 20.3. The number of aromatic nitrogens is 3. The first-order valence-electron chi connectivity index (χ1n) is 9.52. The van der Waals surface area contributed by atoms with Gasteiger partial charge in [-0.05, 0) is 48.3 Å². The van der Waals surface area contributed by atoms with Crippen LogP contribution in [-0.2, 0) is 17.6 Å². The van der Waals surface area contributed by atoms with Crippen LogP contribution < -0.4 is 11.3 Å². The van der Waals surface area contributed by atoms with E-state index in [0.29, 0.717) is 22.0 Å². The normalized spacial score (nSPS) is 15.2. The number of allylic oxidation sites excluding steroid dienone is 5. The number of carbonyl (C=O) groups is 1. The van der Waals surface area contributed by atoms with Gasteiger partial charge in [0.2, 0.25) is 4.96 Å². The van der Waals surface area contributed by atoms with Crippen LogP contribution in [-0.4, -0.2) is 20.4 Å². The van der Waals surface area contributed by atoms with Gasteiger partial charge in [-0.25, -0.2) is 0 Å². The number of fused-ring (bicyclic) bond motifs is 1. The number of rotatable bonds is 5. The molecule has 2 N–H and O–H groups in total. The summed E-state index contributed by atoms with van der Waals surface area (Å²) < 4.78 is 1.47. The summed E-state index contributed by atoms with van der Waals surface area (Å²) in [6.45, 7) is 2.05. The predicted octanol–water partition coefficient (Wildman–Crippen LogP) is 4.03. The first-order chi connectivity index (χ1) is 14.5. The molecule has 0 amide bonds. The molecular weight excluding hydrogens is 420 g/mol. The van der Waals surface area contributed by atoms with Crippen LogP contribution in [0.1, 0.15) is 29.5 Å². The van der Waals surface area contributed by atoms with Gasteiger partial charge >= 0.3 is 0 Å².